The van der Waals surface area contributed by atoms with Crippen molar-refractivity contribution < 1.29 is 4.79 Å². The summed E-state index contributed by atoms with van der Waals surface area (Å²) in [5.74, 6) is 0.421. The van der Waals surface area contributed by atoms with Crippen molar-refractivity contribution in [1.82, 2.24) is 25.5 Å². The van der Waals surface area contributed by atoms with E-state index in [2.05, 4.69) is 25.5 Å². The Morgan fingerprint density at radius 2 is 1.96 bits per heavy atom. The van der Waals surface area contributed by atoms with Crippen LogP contribution in [0.4, 0.5) is 0 Å². The van der Waals surface area contributed by atoms with Crippen LogP contribution in [0.5, 0.6) is 0 Å². The quantitative estimate of drug-likeness (QED) is 0.430. The van der Waals surface area contributed by atoms with Crippen LogP contribution in [0, 0.1) is 13.8 Å². The van der Waals surface area contributed by atoms with E-state index in [1.807, 2.05) is 19.9 Å². The number of piperazine rings is 1. The number of rotatable bonds is 7. The molecule has 0 radical (unpaired) electrons. The Balaban J connectivity index is 0.00000264. The lowest BCUT2D eigenvalue weighted by molar-refractivity contribution is -0.118. The molecule has 0 atom stereocenters. The van der Waals surface area contributed by atoms with Gasteiger partial charge in [0.2, 0.25) is 5.91 Å². The molecule has 1 aliphatic rings. The molecule has 0 aliphatic carbocycles. The van der Waals surface area contributed by atoms with Crippen molar-refractivity contribution in [3.05, 3.63) is 17.5 Å². The zero-order valence-electron chi connectivity index (χ0n) is 13.8. The smallest absolute Gasteiger partial charge is 0.230 e. The van der Waals surface area contributed by atoms with E-state index in [4.69, 9.17) is 0 Å². The Labute approximate surface area is 148 Å². The van der Waals surface area contributed by atoms with Crippen LogP contribution >= 0.6 is 24.2 Å². The summed E-state index contributed by atoms with van der Waals surface area (Å²) in [6, 6.07) is 1.93. The summed E-state index contributed by atoms with van der Waals surface area (Å²) in [6.07, 6.45) is 0.996. The van der Waals surface area contributed by atoms with Crippen LogP contribution < -0.4 is 10.6 Å². The second-order valence-electron chi connectivity index (χ2n) is 5.52. The van der Waals surface area contributed by atoms with Crippen molar-refractivity contribution in [2.75, 3.05) is 45.0 Å². The molecule has 0 bridgehead atoms. The van der Waals surface area contributed by atoms with Crippen molar-refractivity contribution in [1.29, 1.82) is 0 Å². The first kappa shape index (κ1) is 20.2. The Bertz CT molecular complexity index is 477. The van der Waals surface area contributed by atoms with Gasteiger partial charge in [-0.25, -0.2) is 9.97 Å². The van der Waals surface area contributed by atoms with Gasteiger partial charge in [-0.05, 0) is 32.9 Å². The molecule has 1 amide bonds. The first-order valence-corrected chi connectivity index (χ1v) is 8.77. The molecule has 1 saturated heterocycles. The van der Waals surface area contributed by atoms with Crippen molar-refractivity contribution in [2.45, 2.75) is 25.4 Å². The molecule has 2 N–H and O–H groups in total. The third kappa shape index (κ3) is 7.97. The number of amides is 1. The molecule has 1 aromatic heterocycles. The second kappa shape index (κ2) is 10.8. The highest BCUT2D eigenvalue weighted by atomic mass is 35.5. The highest BCUT2D eigenvalue weighted by Gasteiger charge is 2.09. The lowest BCUT2D eigenvalue weighted by Crippen LogP contribution is -2.44. The lowest BCUT2D eigenvalue weighted by atomic mass is 10.3. The number of halogens is 1. The number of hydrogen-bond donors (Lipinski definition) is 2. The van der Waals surface area contributed by atoms with E-state index < -0.39 is 0 Å². The summed E-state index contributed by atoms with van der Waals surface area (Å²) in [5.41, 5.74) is 1.87. The van der Waals surface area contributed by atoms with Crippen molar-refractivity contribution in [3.8, 4) is 0 Å². The maximum absolute atomic E-state index is 11.8. The van der Waals surface area contributed by atoms with Gasteiger partial charge in [-0.3, -0.25) is 4.79 Å². The number of aryl methyl sites for hydroxylation is 2. The largest absolute Gasteiger partial charge is 0.355 e. The number of nitrogens with zero attached hydrogens (tertiary/aromatic N) is 3. The van der Waals surface area contributed by atoms with Gasteiger partial charge >= 0.3 is 0 Å². The fourth-order valence-corrected chi connectivity index (χ4v) is 3.18. The predicted octanol–water partition coefficient (Wildman–Crippen LogP) is 1.02. The lowest BCUT2D eigenvalue weighted by Gasteiger charge is -2.27. The van der Waals surface area contributed by atoms with Crippen molar-refractivity contribution in [3.63, 3.8) is 0 Å². The summed E-state index contributed by atoms with van der Waals surface area (Å²) in [5, 5.41) is 6.98. The van der Waals surface area contributed by atoms with Crippen LogP contribution in [0.15, 0.2) is 11.2 Å². The number of hydrogen-bond acceptors (Lipinski definition) is 6. The third-order valence-electron chi connectivity index (χ3n) is 3.48. The standard InChI is InChI=1S/C15H25N5OS.ClH/c1-12-10-13(2)19-15(18-12)22-11-14(21)17-4-3-7-20-8-5-16-6-9-20;/h10,16H,3-9,11H2,1-2H3,(H,17,21);1H. The zero-order valence-corrected chi connectivity index (χ0v) is 15.4. The van der Waals surface area contributed by atoms with E-state index in [1.54, 1.807) is 0 Å². The van der Waals surface area contributed by atoms with E-state index in [0.717, 1.165) is 57.1 Å². The molecule has 2 heterocycles. The molecule has 0 unspecified atom stereocenters. The van der Waals surface area contributed by atoms with E-state index in [1.165, 1.54) is 11.8 Å². The summed E-state index contributed by atoms with van der Waals surface area (Å²) in [4.78, 5) is 22.9. The Hall–Kier alpha value is -0.890. The number of carbonyl (C=O) groups excluding carboxylic acids is 1. The fourth-order valence-electron chi connectivity index (χ4n) is 2.40. The van der Waals surface area contributed by atoms with Gasteiger partial charge in [0.05, 0.1) is 5.75 Å². The van der Waals surface area contributed by atoms with Gasteiger partial charge in [0.25, 0.3) is 0 Å². The van der Waals surface area contributed by atoms with E-state index >= 15 is 0 Å². The Kier molecular flexibility index (Phi) is 9.47. The van der Waals surface area contributed by atoms with Gasteiger partial charge < -0.3 is 15.5 Å². The summed E-state index contributed by atoms with van der Waals surface area (Å²) < 4.78 is 0. The molecule has 0 spiro atoms. The summed E-state index contributed by atoms with van der Waals surface area (Å²) in [6.45, 7) is 10.0. The molecular formula is C15H26ClN5OS. The molecular weight excluding hydrogens is 334 g/mol. The molecule has 6 nitrogen and oxygen atoms in total. The first-order chi connectivity index (χ1) is 10.6. The van der Waals surface area contributed by atoms with E-state index in [0.29, 0.717) is 10.9 Å². The Morgan fingerprint density at radius 3 is 2.61 bits per heavy atom. The number of carbonyl (C=O) groups is 1. The molecule has 130 valence electrons. The average Bonchev–Trinajstić information content (AvgIpc) is 2.50. The molecule has 23 heavy (non-hydrogen) atoms. The van der Waals surface area contributed by atoms with Crippen molar-refractivity contribution >= 4 is 30.1 Å². The Morgan fingerprint density at radius 1 is 1.30 bits per heavy atom. The van der Waals surface area contributed by atoms with Gasteiger partial charge in [-0.2, -0.15) is 0 Å². The van der Waals surface area contributed by atoms with Gasteiger partial charge in [-0.15, -0.1) is 12.4 Å². The highest BCUT2D eigenvalue weighted by molar-refractivity contribution is 7.99. The summed E-state index contributed by atoms with van der Waals surface area (Å²) in [7, 11) is 0. The second-order valence-corrected chi connectivity index (χ2v) is 6.46. The zero-order chi connectivity index (χ0) is 15.8. The van der Waals surface area contributed by atoms with Crippen LogP contribution in [0.3, 0.4) is 0 Å². The summed E-state index contributed by atoms with van der Waals surface area (Å²) >= 11 is 1.39. The van der Waals surface area contributed by atoms with Crippen molar-refractivity contribution in [2.24, 2.45) is 0 Å². The molecule has 1 fully saturated rings. The topological polar surface area (TPSA) is 70.2 Å². The number of thioether (sulfide) groups is 1. The minimum atomic E-state index is 0. The number of aromatic nitrogens is 2. The normalized spacial score (nSPS) is 15.0. The maximum atomic E-state index is 11.8. The fraction of sp³-hybridized carbons (Fsp3) is 0.667. The van der Waals surface area contributed by atoms with Gasteiger partial charge in [0.1, 0.15) is 0 Å². The van der Waals surface area contributed by atoms with Crippen LogP contribution in [0.25, 0.3) is 0 Å². The molecule has 1 aromatic rings. The predicted molar refractivity (Wildman–Crippen MR) is 96.4 cm³/mol. The first-order valence-electron chi connectivity index (χ1n) is 7.78. The average molecular weight is 360 g/mol. The SMILES string of the molecule is Cc1cc(C)nc(SCC(=O)NCCCN2CCNCC2)n1.Cl. The van der Waals surface area contributed by atoms with Gasteiger partial charge in [0.15, 0.2) is 5.16 Å². The van der Waals surface area contributed by atoms with Crippen LogP contribution in [-0.2, 0) is 4.79 Å². The van der Waals surface area contributed by atoms with Gasteiger partial charge in [0, 0.05) is 44.1 Å². The molecule has 0 saturated carbocycles. The van der Waals surface area contributed by atoms with E-state index in [-0.39, 0.29) is 18.3 Å². The number of nitrogens with one attached hydrogen (secondary N) is 2. The van der Waals surface area contributed by atoms with Crippen LogP contribution in [0.1, 0.15) is 17.8 Å². The van der Waals surface area contributed by atoms with Crippen LogP contribution in [-0.4, -0.2) is 65.8 Å². The van der Waals surface area contributed by atoms with E-state index in [9.17, 15) is 4.79 Å². The maximum Gasteiger partial charge on any atom is 0.230 e. The van der Waals surface area contributed by atoms with Crippen LogP contribution in [0.2, 0.25) is 0 Å². The monoisotopic (exact) mass is 359 g/mol. The minimum Gasteiger partial charge on any atom is -0.355 e. The molecule has 8 heteroatoms. The third-order valence-corrected chi connectivity index (χ3v) is 4.32. The molecule has 0 aromatic carbocycles. The van der Waals surface area contributed by atoms with Gasteiger partial charge in [-0.1, -0.05) is 11.8 Å². The molecule has 2 rings (SSSR count). The highest BCUT2D eigenvalue weighted by Crippen LogP contribution is 2.13. The minimum absolute atomic E-state index is 0. The molecule has 1 aliphatic heterocycles.